The highest BCUT2D eigenvalue weighted by Crippen LogP contribution is 2.27. The third-order valence-electron chi connectivity index (χ3n) is 2.64. The highest BCUT2D eigenvalue weighted by atomic mass is 19.1. The maximum Gasteiger partial charge on any atom is 0.295 e. The summed E-state index contributed by atoms with van der Waals surface area (Å²) >= 11 is 0. The van der Waals surface area contributed by atoms with Gasteiger partial charge in [0.1, 0.15) is 0 Å². The van der Waals surface area contributed by atoms with Crippen LogP contribution in [0.1, 0.15) is 13.8 Å². The number of para-hydroxylation sites is 1. The lowest BCUT2D eigenvalue weighted by Crippen LogP contribution is -2.34. The number of hydrogen-bond acceptors (Lipinski definition) is 4. The summed E-state index contributed by atoms with van der Waals surface area (Å²) in [6.07, 6.45) is 0. The second-order valence-electron chi connectivity index (χ2n) is 4.03. The average Bonchev–Trinajstić information content (AvgIpc) is 2.30. The van der Waals surface area contributed by atoms with E-state index in [0.29, 0.717) is 0 Å². The van der Waals surface area contributed by atoms with Crippen LogP contribution in [0.25, 0.3) is 0 Å². The second kappa shape index (κ2) is 5.54. The van der Waals surface area contributed by atoms with E-state index in [1.165, 1.54) is 6.07 Å². The molecule has 0 spiro atoms. The summed E-state index contributed by atoms with van der Waals surface area (Å²) in [7, 11) is 0. The molecule has 0 saturated carbocycles. The molecule has 3 N–H and O–H groups in total. The predicted molar refractivity (Wildman–Crippen MR) is 64.5 cm³/mol. The molecule has 1 aromatic rings. The molecule has 98 valence electrons. The number of halogens is 1. The number of amides is 1. The minimum Gasteiger partial charge on any atom is -0.327 e. The fraction of sp³-hybridized carbons (Fsp3) is 0.364. The van der Waals surface area contributed by atoms with E-state index in [2.05, 4.69) is 5.32 Å². The molecular weight excluding hydrogens is 241 g/mol. The summed E-state index contributed by atoms with van der Waals surface area (Å²) < 4.78 is 13.5. The van der Waals surface area contributed by atoms with E-state index in [0.717, 1.165) is 12.1 Å². The number of nitro groups is 1. The molecule has 2 atom stereocenters. The Morgan fingerprint density at radius 3 is 2.61 bits per heavy atom. The molecule has 0 aliphatic heterocycles. The molecular formula is C11H14FN3O3. The lowest BCUT2D eigenvalue weighted by Gasteiger charge is -2.15. The van der Waals surface area contributed by atoms with E-state index in [4.69, 9.17) is 5.73 Å². The number of nitrogens with one attached hydrogen (secondary N) is 1. The molecule has 0 aliphatic carbocycles. The quantitative estimate of drug-likeness (QED) is 0.631. The van der Waals surface area contributed by atoms with E-state index < -0.39 is 40.0 Å². The van der Waals surface area contributed by atoms with Gasteiger partial charge in [-0.2, -0.15) is 0 Å². The maximum absolute atomic E-state index is 13.5. The summed E-state index contributed by atoms with van der Waals surface area (Å²) in [5.74, 6) is -1.99. The first-order valence-corrected chi connectivity index (χ1v) is 5.34. The predicted octanol–water partition coefficient (Wildman–Crippen LogP) is 1.66. The topological polar surface area (TPSA) is 98.3 Å². The van der Waals surface area contributed by atoms with Crippen molar-refractivity contribution in [3.05, 3.63) is 34.1 Å². The van der Waals surface area contributed by atoms with Crippen molar-refractivity contribution in [3.8, 4) is 0 Å². The van der Waals surface area contributed by atoms with Crippen LogP contribution in [-0.4, -0.2) is 16.9 Å². The standard InChI is InChI=1S/C11H14FN3O3/c1-6(7(2)13)11(16)14-10-8(12)4-3-5-9(10)15(17)18/h3-7H,13H2,1-2H3,(H,14,16). The molecule has 0 heterocycles. The molecule has 7 heteroatoms. The molecule has 6 nitrogen and oxygen atoms in total. The number of anilines is 1. The van der Waals surface area contributed by atoms with Gasteiger partial charge in [-0.1, -0.05) is 13.0 Å². The van der Waals surface area contributed by atoms with Crippen LogP contribution in [0.4, 0.5) is 15.8 Å². The zero-order valence-electron chi connectivity index (χ0n) is 10.0. The molecule has 2 unspecified atom stereocenters. The Hall–Kier alpha value is -2.02. The van der Waals surface area contributed by atoms with Crippen LogP contribution >= 0.6 is 0 Å². The number of nitro benzene ring substituents is 1. The fourth-order valence-electron chi connectivity index (χ4n) is 1.26. The van der Waals surface area contributed by atoms with Gasteiger partial charge >= 0.3 is 0 Å². The van der Waals surface area contributed by atoms with Crippen molar-refractivity contribution >= 4 is 17.3 Å². The first-order valence-electron chi connectivity index (χ1n) is 5.34. The van der Waals surface area contributed by atoms with Gasteiger partial charge in [-0.25, -0.2) is 4.39 Å². The van der Waals surface area contributed by atoms with E-state index in [9.17, 15) is 19.3 Å². The van der Waals surface area contributed by atoms with Crippen molar-refractivity contribution < 1.29 is 14.1 Å². The zero-order chi connectivity index (χ0) is 13.9. The molecule has 0 saturated heterocycles. The number of hydrogen-bond donors (Lipinski definition) is 2. The summed E-state index contributed by atoms with van der Waals surface area (Å²) in [5.41, 5.74) is 4.62. The van der Waals surface area contributed by atoms with Gasteiger partial charge < -0.3 is 11.1 Å². The number of rotatable bonds is 4. The minimum atomic E-state index is -0.852. The van der Waals surface area contributed by atoms with Gasteiger partial charge in [0.15, 0.2) is 11.5 Å². The number of carbonyl (C=O) groups is 1. The van der Waals surface area contributed by atoms with Crippen molar-refractivity contribution in [2.24, 2.45) is 11.7 Å². The Morgan fingerprint density at radius 1 is 1.50 bits per heavy atom. The van der Waals surface area contributed by atoms with Gasteiger partial charge in [0.25, 0.3) is 5.69 Å². The molecule has 0 aliphatic rings. The summed E-state index contributed by atoms with van der Waals surface area (Å²) in [6, 6.07) is 2.93. The summed E-state index contributed by atoms with van der Waals surface area (Å²) in [6.45, 7) is 3.19. The van der Waals surface area contributed by atoms with E-state index in [1.54, 1.807) is 13.8 Å². The molecule has 0 bridgehead atoms. The SMILES string of the molecule is CC(N)C(C)C(=O)Nc1c(F)cccc1[N+](=O)[O-]. The Bertz CT molecular complexity index is 477. The Kier molecular flexibility index (Phi) is 4.33. The summed E-state index contributed by atoms with van der Waals surface area (Å²) in [5, 5.41) is 12.9. The Labute approximate surface area is 103 Å². The van der Waals surface area contributed by atoms with E-state index in [-0.39, 0.29) is 0 Å². The van der Waals surface area contributed by atoms with Crippen LogP contribution in [0.15, 0.2) is 18.2 Å². The third-order valence-corrected chi connectivity index (χ3v) is 2.64. The van der Waals surface area contributed by atoms with Crippen LogP contribution in [0.2, 0.25) is 0 Å². The van der Waals surface area contributed by atoms with Crippen LogP contribution in [0, 0.1) is 21.8 Å². The van der Waals surface area contributed by atoms with Gasteiger partial charge in [-0.3, -0.25) is 14.9 Å². The van der Waals surface area contributed by atoms with Crippen molar-refractivity contribution in [1.82, 2.24) is 0 Å². The first-order chi connectivity index (χ1) is 8.34. The number of nitrogens with two attached hydrogens (primary N) is 1. The molecule has 0 radical (unpaired) electrons. The lowest BCUT2D eigenvalue weighted by molar-refractivity contribution is -0.384. The van der Waals surface area contributed by atoms with E-state index >= 15 is 0 Å². The number of nitrogens with zero attached hydrogens (tertiary/aromatic N) is 1. The molecule has 18 heavy (non-hydrogen) atoms. The average molecular weight is 255 g/mol. The van der Waals surface area contributed by atoms with Gasteiger partial charge in [0, 0.05) is 12.1 Å². The lowest BCUT2D eigenvalue weighted by atomic mass is 10.0. The molecule has 1 aromatic carbocycles. The molecule has 1 amide bonds. The summed E-state index contributed by atoms with van der Waals surface area (Å²) in [4.78, 5) is 21.7. The Morgan fingerprint density at radius 2 is 2.11 bits per heavy atom. The normalized spacial score (nSPS) is 13.8. The fourth-order valence-corrected chi connectivity index (χ4v) is 1.26. The van der Waals surface area contributed by atoms with Crippen LogP contribution in [-0.2, 0) is 4.79 Å². The van der Waals surface area contributed by atoms with Gasteiger partial charge in [0.2, 0.25) is 5.91 Å². The third kappa shape index (κ3) is 3.01. The van der Waals surface area contributed by atoms with E-state index in [1.807, 2.05) is 0 Å². The van der Waals surface area contributed by atoms with Gasteiger partial charge in [0.05, 0.1) is 10.8 Å². The molecule has 0 aromatic heterocycles. The van der Waals surface area contributed by atoms with Crippen LogP contribution in [0.5, 0.6) is 0 Å². The highest BCUT2D eigenvalue weighted by molar-refractivity contribution is 5.95. The van der Waals surface area contributed by atoms with Crippen molar-refractivity contribution in [2.75, 3.05) is 5.32 Å². The Balaban J connectivity index is 3.04. The van der Waals surface area contributed by atoms with Crippen LogP contribution < -0.4 is 11.1 Å². The largest absolute Gasteiger partial charge is 0.327 e. The smallest absolute Gasteiger partial charge is 0.295 e. The van der Waals surface area contributed by atoms with Crippen molar-refractivity contribution in [1.29, 1.82) is 0 Å². The second-order valence-corrected chi connectivity index (χ2v) is 4.03. The first kappa shape index (κ1) is 14.0. The molecule has 0 fully saturated rings. The number of carbonyl (C=O) groups excluding carboxylic acids is 1. The van der Waals surface area contributed by atoms with Crippen LogP contribution in [0.3, 0.4) is 0 Å². The number of benzene rings is 1. The maximum atomic E-state index is 13.5. The zero-order valence-corrected chi connectivity index (χ0v) is 10.0. The van der Waals surface area contributed by atoms with Crippen molar-refractivity contribution in [3.63, 3.8) is 0 Å². The van der Waals surface area contributed by atoms with Gasteiger partial charge in [-0.15, -0.1) is 0 Å². The van der Waals surface area contributed by atoms with Gasteiger partial charge in [-0.05, 0) is 13.0 Å². The highest BCUT2D eigenvalue weighted by Gasteiger charge is 2.23. The molecule has 1 rings (SSSR count). The minimum absolute atomic E-state index is 0.431. The monoisotopic (exact) mass is 255 g/mol. The van der Waals surface area contributed by atoms with Crippen molar-refractivity contribution in [2.45, 2.75) is 19.9 Å².